The number of carbonyl (C=O) groups is 2. The molecule has 0 aliphatic rings. The van der Waals surface area contributed by atoms with Gasteiger partial charge in [-0.25, -0.2) is 0 Å². The maximum absolute atomic E-state index is 13.3. The molecule has 1 heterocycles. The van der Waals surface area contributed by atoms with Gasteiger partial charge in [0.2, 0.25) is 0 Å². The van der Waals surface area contributed by atoms with Crippen molar-refractivity contribution in [2.24, 2.45) is 0 Å². The second kappa shape index (κ2) is 12.0. The average molecular weight is 698 g/mol. The number of nitrogens with one attached hydrogen (secondary N) is 2. The number of halogens is 7. The first-order valence-electron chi connectivity index (χ1n) is 11.7. The molecule has 0 aliphatic carbocycles. The lowest BCUT2D eigenvalue weighted by molar-refractivity contribution is -0.144. The topological polar surface area (TPSA) is 76.0 Å². The van der Waals surface area contributed by atoms with Gasteiger partial charge in [-0.2, -0.15) is 43.2 Å². The molecule has 14 heteroatoms. The first kappa shape index (κ1) is 31.8. The summed E-state index contributed by atoms with van der Waals surface area (Å²) >= 11 is 3.53. The predicted molar refractivity (Wildman–Crippen MR) is 150 cm³/mol. The minimum Gasteiger partial charge on any atom is -0.346 e. The fourth-order valence-corrected chi connectivity index (χ4v) is 5.48. The van der Waals surface area contributed by atoms with Crippen LogP contribution < -0.4 is 10.6 Å². The Bertz CT molecular complexity index is 1420. The Morgan fingerprint density at radius 2 is 1.68 bits per heavy atom. The van der Waals surface area contributed by atoms with Crippen molar-refractivity contribution in [3.05, 3.63) is 79.7 Å². The number of anilines is 1. The van der Waals surface area contributed by atoms with Crippen molar-refractivity contribution in [1.29, 1.82) is 0 Å². The molecule has 0 aliphatic heterocycles. The molecule has 6 nitrogen and oxygen atoms in total. The van der Waals surface area contributed by atoms with Gasteiger partial charge in [0.05, 0.1) is 17.7 Å². The van der Waals surface area contributed by atoms with Gasteiger partial charge in [-0.3, -0.25) is 14.3 Å². The standard InChI is InChI=1S/C26H25F6IN4O2S/c1-14-10-15(12-37-20(26(30,31)32)11-19(36-37)25(27,28)29)8-9-18(14)34-22(38)16-6-5-7-17(33)21(16)23(39)35-24(2,3)13-40-4/h5-11H,12-13H2,1-4H3,(H,34,38)(H,35,39). The summed E-state index contributed by atoms with van der Waals surface area (Å²) in [6.45, 7) is 4.74. The monoisotopic (exact) mass is 698 g/mol. The van der Waals surface area contributed by atoms with Gasteiger partial charge in [0.15, 0.2) is 5.69 Å². The highest BCUT2D eigenvalue weighted by atomic mass is 127. The normalized spacial score (nSPS) is 12.4. The van der Waals surface area contributed by atoms with Gasteiger partial charge in [0, 0.05) is 26.6 Å². The van der Waals surface area contributed by atoms with E-state index in [9.17, 15) is 35.9 Å². The molecule has 216 valence electrons. The van der Waals surface area contributed by atoms with Gasteiger partial charge in [-0.1, -0.05) is 18.2 Å². The highest BCUT2D eigenvalue weighted by molar-refractivity contribution is 14.1. The van der Waals surface area contributed by atoms with Gasteiger partial charge in [-0.05, 0) is 78.9 Å². The Balaban J connectivity index is 1.86. The maximum Gasteiger partial charge on any atom is 0.435 e. The molecule has 0 atom stereocenters. The van der Waals surface area contributed by atoms with Crippen LogP contribution in [0.25, 0.3) is 0 Å². The molecular formula is C26H25F6IN4O2S. The molecule has 1 aromatic heterocycles. The summed E-state index contributed by atoms with van der Waals surface area (Å²) in [6.07, 6.45) is -8.16. The first-order chi connectivity index (χ1) is 18.4. The summed E-state index contributed by atoms with van der Waals surface area (Å²) in [6, 6.07) is 9.06. The SMILES string of the molecule is CSCC(C)(C)NC(=O)c1c(I)cccc1C(=O)Nc1ccc(Cn2nc(C(F)(F)F)cc2C(F)(F)F)cc1C. The van der Waals surface area contributed by atoms with E-state index in [1.165, 1.54) is 24.3 Å². The van der Waals surface area contributed by atoms with Crippen molar-refractivity contribution in [1.82, 2.24) is 15.1 Å². The van der Waals surface area contributed by atoms with E-state index < -0.39 is 47.6 Å². The Hall–Kier alpha value is -2.75. The Kier molecular flexibility index (Phi) is 9.54. The summed E-state index contributed by atoms with van der Waals surface area (Å²) in [7, 11) is 0. The fourth-order valence-electron chi connectivity index (χ4n) is 3.94. The maximum atomic E-state index is 13.3. The van der Waals surface area contributed by atoms with Crippen molar-refractivity contribution >= 4 is 51.9 Å². The van der Waals surface area contributed by atoms with Crippen molar-refractivity contribution in [2.75, 3.05) is 17.3 Å². The first-order valence-corrected chi connectivity index (χ1v) is 14.1. The summed E-state index contributed by atoms with van der Waals surface area (Å²) in [4.78, 5) is 26.3. The summed E-state index contributed by atoms with van der Waals surface area (Å²) < 4.78 is 79.8. The number of benzene rings is 2. The molecule has 40 heavy (non-hydrogen) atoms. The number of alkyl halides is 6. The fraction of sp³-hybridized carbons (Fsp3) is 0.346. The van der Waals surface area contributed by atoms with E-state index in [1.54, 1.807) is 30.8 Å². The number of amides is 2. The second-order valence-corrected chi connectivity index (χ2v) is 11.6. The van der Waals surface area contributed by atoms with E-state index in [0.717, 1.165) is 0 Å². The summed E-state index contributed by atoms with van der Waals surface area (Å²) in [5, 5.41) is 8.77. The molecule has 2 N–H and O–H groups in total. The minimum absolute atomic E-state index is 0.0291. The van der Waals surface area contributed by atoms with Gasteiger partial charge in [-0.15, -0.1) is 0 Å². The van der Waals surface area contributed by atoms with E-state index in [0.29, 0.717) is 20.6 Å². The van der Waals surface area contributed by atoms with Crippen LogP contribution in [0.2, 0.25) is 0 Å². The molecule has 2 amide bonds. The van der Waals surface area contributed by atoms with Crippen LogP contribution in [-0.2, 0) is 18.9 Å². The van der Waals surface area contributed by atoms with E-state index in [2.05, 4.69) is 15.7 Å². The van der Waals surface area contributed by atoms with Crippen molar-refractivity contribution < 1.29 is 35.9 Å². The van der Waals surface area contributed by atoms with E-state index in [4.69, 9.17) is 0 Å². The zero-order chi connectivity index (χ0) is 30.0. The summed E-state index contributed by atoms with van der Waals surface area (Å²) in [5.41, 5.74) is -2.38. The smallest absolute Gasteiger partial charge is 0.346 e. The van der Waals surface area contributed by atoms with Crippen molar-refractivity contribution in [3.8, 4) is 0 Å². The highest BCUT2D eigenvalue weighted by Crippen LogP contribution is 2.35. The third kappa shape index (κ3) is 7.71. The van der Waals surface area contributed by atoms with E-state index in [-0.39, 0.29) is 27.4 Å². The quantitative estimate of drug-likeness (QED) is 0.196. The van der Waals surface area contributed by atoms with Gasteiger partial charge in [0.1, 0.15) is 5.69 Å². The van der Waals surface area contributed by atoms with Gasteiger partial charge >= 0.3 is 12.4 Å². The van der Waals surface area contributed by atoms with Crippen LogP contribution in [0.3, 0.4) is 0 Å². The molecule has 0 unspecified atom stereocenters. The minimum atomic E-state index is -5.04. The molecule has 0 radical (unpaired) electrons. The van der Waals surface area contributed by atoms with Crippen LogP contribution in [0.4, 0.5) is 32.0 Å². The second-order valence-electron chi connectivity index (χ2n) is 9.60. The van der Waals surface area contributed by atoms with Crippen LogP contribution >= 0.6 is 34.4 Å². The molecule has 0 spiro atoms. The number of hydrogen-bond donors (Lipinski definition) is 2. The number of rotatable bonds is 8. The number of aromatic nitrogens is 2. The van der Waals surface area contributed by atoms with Gasteiger partial charge in [0.25, 0.3) is 11.8 Å². The molecule has 2 aromatic carbocycles. The number of carbonyl (C=O) groups excluding carboxylic acids is 2. The molecule has 0 saturated heterocycles. The molecular weight excluding hydrogens is 673 g/mol. The third-order valence-electron chi connectivity index (χ3n) is 5.67. The molecule has 3 rings (SSSR count). The number of thioether (sulfide) groups is 1. The zero-order valence-corrected chi connectivity index (χ0v) is 24.7. The summed E-state index contributed by atoms with van der Waals surface area (Å²) in [5.74, 6) is -0.349. The lowest BCUT2D eigenvalue weighted by atomic mass is 10.0. The lowest BCUT2D eigenvalue weighted by Gasteiger charge is -2.26. The Morgan fingerprint density at radius 1 is 1.00 bits per heavy atom. The Morgan fingerprint density at radius 3 is 2.25 bits per heavy atom. The molecule has 0 saturated carbocycles. The van der Waals surface area contributed by atoms with Crippen molar-refractivity contribution in [2.45, 2.75) is 45.2 Å². The van der Waals surface area contributed by atoms with Crippen LogP contribution in [-0.4, -0.2) is 39.1 Å². The molecule has 3 aromatic rings. The van der Waals surface area contributed by atoms with Crippen molar-refractivity contribution in [3.63, 3.8) is 0 Å². The predicted octanol–water partition coefficient (Wildman–Crippen LogP) is 7.01. The lowest BCUT2D eigenvalue weighted by Crippen LogP contribution is -2.46. The van der Waals surface area contributed by atoms with Crippen LogP contribution in [0.15, 0.2) is 42.5 Å². The molecule has 0 bridgehead atoms. The Labute approximate surface area is 244 Å². The van der Waals surface area contributed by atoms with E-state index >= 15 is 0 Å². The van der Waals surface area contributed by atoms with Crippen LogP contribution in [0.5, 0.6) is 0 Å². The van der Waals surface area contributed by atoms with Gasteiger partial charge < -0.3 is 10.6 Å². The number of aryl methyl sites for hydroxylation is 1. The highest BCUT2D eigenvalue weighted by Gasteiger charge is 2.41. The molecule has 0 fully saturated rings. The van der Waals surface area contributed by atoms with Crippen LogP contribution in [0, 0.1) is 10.5 Å². The third-order valence-corrected chi connectivity index (χ3v) is 7.58. The largest absolute Gasteiger partial charge is 0.435 e. The number of nitrogens with zero attached hydrogens (tertiary/aromatic N) is 2. The number of hydrogen-bond acceptors (Lipinski definition) is 4. The average Bonchev–Trinajstić information content (AvgIpc) is 3.25. The van der Waals surface area contributed by atoms with E-state index in [1.807, 2.05) is 42.7 Å². The zero-order valence-electron chi connectivity index (χ0n) is 21.7. The van der Waals surface area contributed by atoms with Crippen LogP contribution in [0.1, 0.15) is 57.1 Å².